The van der Waals surface area contributed by atoms with Crippen LogP contribution < -0.4 is 10.6 Å². The summed E-state index contributed by atoms with van der Waals surface area (Å²) in [5, 5.41) is 28.4. The minimum absolute atomic E-state index is 0.0529. The first-order chi connectivity index (χ1) is 30.5. The summed E-state index contributed by atoms with van der Waals surface area (Å²) < 4.78 is 25.2. The molecule has 4 aliphatic rings. The molecule has 24 nitrogen and oxygen atoms in total. The van der Waals surface area contributed by atoms with Crippen molar-refractivity contribution < 1.29 is 86.6 Å². The Morgan fingerprint density at radius 1 is 0.687 bits per heavy atom. The van der Waals surface area contributed by atoms with Crippen LogP contribution in [0.1, 0.15) is 96.4 Å². The first-order valence-electron chi connectivity index (χ1n) is 20.8. The molecule has 4 aliphatic heterocycles. The number of ketones is 2. The lowest BCUT2D eigenvalue weighted by Crippen LogP contribution is -2.45. The number of alkyl carbamates (subject to hydrolysis) is 2. The molecule has 4 amide bonds. The predicted molar refractivity (Wildman–Crippen MR) is 230 cm³/mol. The van der Waals surface area contributed by atoms with Crippen molar-refractivity contribution in [1.29, 1.82) is 0 Å². The Kier molecular flexibility index (Phi) is 18.8. The molecule has 1 unspecified atom stereocenters. The molecule has 0 spiro atoms. The van der Waals surface area contributed by atoms with Gasteiger partial charge in [0, 0.05) is 43.7 Å². The Morgan fingerprint density at radius 3 is 1.39 bits per heavy atom. The number of amides is 4. The van der Waals surface area contributed by atoms with Crippen LogP contribution in [0.3, 0.4) is 0 Å². The van der Waals surface area contributed by atoms with E-state index in [1.165, 1.54) is 18.0 Å². The summed E-state index contributed by atoms with van der Waals surface area (Å²) in [5.41, 5.74) is -3.59. The maximum Gasteiger partial charge on any atom is 0.408 e. The number of carbonyl (C=O) groups is 11. The molecule has 4 rings (SSSR count). The summed E-state index contributed by atoms with van der Waals surface area (Å²) >= 11 is 0. The molecule has 0 aliphatic carbocycles. The molecule has 3 atom stereocenters. The summed E-state index contributed by atoms with van der Waals surface area (Å²) in [6.45, 7) is 24.7. The van der Waals surface area contributed by atoms with Crippen LogP contribution in [0.5, 0.6) is 0 Å². The van der Waals surface area contributed by atoms with Gasteiger partial charge in [-0.3, -0.25) is 24.0 Å². The first-order valence-corrected chi connectivity index (χ1v) is 20.8. The van der Waals surface area contributed by atoms with E-state index in [4.69, 9.17) is 24.1 Å². The number of ether oxygens (including phenoxy) is 5. The van der Waals surface area contributed by atoms with Crippen molar-refractivity contribution in [3.05, 3.63) is 35.2 Å². The molecule has 2 fully saturated rings. The number of hydrogen-bond acceptors (Lipinski definition) is 19. The second kappa shape index (κ2) is 22.3. The molecule has 4 heterocycles. The normalized spacial score (nSPS) is 18.8. The number of aliphatic carboxylic acids is 1. The molecule has 67 heavy (non-hydrogen) atoms. The average molecular weight is 951 g/mol. The minimum atomic E-state index is -1.96. The zero-order chi connectivity index (χ0) is 51.7. The van der Waals surface area contributed by atoms with Crippen LogP contribution in [0.15, 0.2) is 35.2 Å². The largest absolute Gasteiger partial charge is 0.479 e. The lowest BCUT2D eigenvalue weighted by Gasteiger charge is -2.24. The number of aldehydes is 1. The second-order valence-electron chi connectivity index (χ2n) is 19.1. The number of carboxylic acids is 1. The van der Waals surface area contributed by atoms with Crippen LogP contribution in [0.2, 0.25) is 0 Å². The van der Waals surface area contributed by atoms with Gasteiger partial charge in [0.2, 0.25) is 6.29 Å². The summed E-state index contributed by atoms with van der Waals surface area (Å²) in [6, 6.07) is -1.92. The zero-order valence-corrected chi connectivity index (χ0v) is 40.1. The van der Waals surface area contributed by atoms with E-state index in [1.54, 1.807) is 88.1 Å². The molecule has 0 aromatic rings. The van der Waals surface area contributed by atoms with Gasteiger partial charge in [-0.15, -0.1) is 0 Å². The number of Topliss-reactive ketones (excluding diaryl/α,β-unsaturated/α-hetero) is 2. The molecule has 0 bridgehead atoms. The third kappa shape index (κ3) is 17.0. The van der Waals surface area contributed by atoms with E-state index in [0.717, 1.165) is 10.0 Å². The molecule has 0 aromatic carbocycles. The van der Waals surface area contributed by atoms with E-state index >= 15 is 0 Å². The number of carboxylic acid groups (broad SMARTS) is 1. The number of rotatable bonds is 12. The van der Waals surface area contributed by atoms with Crippen LogP contribution in [0.25, 0.3) is 0 Å². The van der Waals surface area contributed by atoms with Gasteiger partial charge >= 0.3 is 36.1 Å². The van der Waals surface area contributed by atoms with Gasteiger partial charge in [-0.25, -0.2) is 48.8 Å². The SMILES string of the molecule is C=CCOC(=O)C=O.CC(=O)C1=C(C(=O)OC(C)(C)C)N2C(=O)[C@@H](NC(=O)OC(C)(C)C)CN2C1.CC(C)(C)OC(=O)N[C@H]1CN2CC(C(=O)CC(O)C(=O)O)=C(C(=O)OC(C)(C)C)N2C1=O. The fraction of sp³-hybridized carbons (Fsp3) is 0.605. The number of hydrazine groups is 2. The number of carbonyl (C=O) groups excluding carboxylic acids is 10. The molecular formula is C43H62N6O18. The van der Waals surface area contributed by atoms with Gasteiger partial charge in [0.25, 0.3) is 11.8 Å². The first kappa shape index (κ1) is 56.6. The highest BCUT2D eigenvalue weighted by Gasteiger charge is 2.52. The topological polar surface area (TPSA) is 311 Å². The summed E-state index contributed by atoms with van der Waals surface area (Å²) in [4.78, 5) is 130. The van der Waals surface area contributed by atoms with E-state index in [-0.39, 0.29) is 67.4 Å². The Labute approximate surface area is 387 Å². The quantitative estimate of drug-likeness (QED) is 0.0697. The van der Waals surface area contributed by atoms with Gasteiger partial charge in [-0.05, 0) is 90.0 Å². The number of aliphatic hydroxyl groups is 1. The maximum absolute atomic E-state index is 13.0. The third-order valence-electron chi connectivity index (χ3n) is 8.47. The fourth-order valence-corrected chi connectivity index (χ4v) is 6.11. The monoisotopic (exact) mass is 950 g/mol. The molecule has 24 heteroatoms. The van der Waals surface area contributed by atoms with Crippen LogP contribution in [0.4, 0.5) is 9.59 Å². The van der Waals surface area contributed by atoms with Gasteiger partial charge in [-0.2, -0.15) is 0 Å². The van der Waals surface area contributed by atoms with Crippen molar-refractivity contribution >= 4 is 65.7 Å². The Morgan fingerprint density at radius 2 is 1.06 bits per heavy atom. The molecular weight excluding hydrogens is 888 g/mol. The van der Waals surface area contributed by atoms with Crippen LogP contribution >= 0.6 is 0 Å². The standard InChI is InChI=1S/C20H29N3O9.C18H27N3O6.C5H6O3/c1-19(2,3)31-17(29)14-10(12(24)7-13(25)16(27)28)8-22-9-11(15(26)23(14)22)21-18(30)32-20(4,5)6;1-10(22)11-8-20-9-12(19-16(25)27-18(5,6)7)14(23)21(20)13(11)15(24)26-17(2,3)4;1-2-3-8-5(7)4-6/h11,13,25H,7-9H2,1-6H3,(H,21,30)(H,27,28);12H,8-9H2,1-7H3,(H,19,25);2,4H,1,3H2/t11-,13?;12-;/m00./s1. The van der Waals surface area contributed by atoms with Gasteiger partial charge in [-0.1, -0.05) is 12.7 Å². The fourth-order valence-electron chi connectivity index (χ4n) is 6.11. The van der Waals surface area contributed by atoms with Crippen molar-refractivity contribution in [3.8, 4) is 0 Å². The summed E-state index contributed by atoms with van der Waals surface area (Å²) in [6.07, 6.45) is -2.77. The molecule has 2 saturated heterocycles. The molecule has 4 N–H and O–H groups in total. The maximum atomic E-state index is 13.0. The number of hydrogen-bond donors (Lipinski definition) is 4. The van der Waals surface area contributed by atoms with E-state index < -0.39 is 101 Å². The average Bonchev–Trinajstić information content (AvgIpc) is 3.87. The second-order valence-corrected chi connectivity index (χ2v) is 19.1. The third-order valence-corrected chi connectivity index (χ3v) is 8.47. The minimum Gasteiger partial charge on any atom is -0.479 e. The number of aliphatic hydroxyl groups excluding tert-OH is 1. The van der Waals surface area contributed by atoms with E-state index in [0.29, 0.717) is 0 Å². The van der Waals surface area contributed by atoms with Crippen molar-refractivity contribution in [2.75, 3.05) is 32.8 Å². The lowest BCUT2D eigenvalue weighted by molar-refractivity contribution is -0.156. The Hall–Kier alpha value is -6.53. The highest BCUT2D eigenvalue weighted by molar-refractivity contribution is 6.20. The van der Waals surface area contributed by atoms with Gasteiger partial charge in [0.1, 0.15) is 41.1 Å². The number of nitrogens with one attached hydrogen (secondary N) is 2. The van der Waals surface area contributed by atoms with Gasteiger partial charge < -0.3 is 44.5 Å². The highest BCUT2D eigenvalue weighted by atomic mass is 16.6. The highest BCUT2D eigenvalue weighted by Crippen LogP contribution is 2.34. The number of fused-ring (bicyclic) bond motifs is 2. The van der Waals surface area contributed by atoms with Crippen molar-refractivity contribution in [2.45, 2.75) is 137 Å². The van der Waals surface area contributed by atoms with Crippen LogP contribution in [0, 0.1) is 0 Å². The smallest absolute Gasteiger partial charge is 0.408 e. The van der Waals surface area contributed by atoms with Crippen molar-refractivity contribution in [1.82, 2.24) is 30.7 Å². The Bertz CT molecular complexity index is 2080. The van der Waals surface area contributed by atoms with E-state index in [2.05, 4.69) is 21.9 Å². The summed E-state index contributed by atoms with van der Waals surface area (Å²) in [7, 11) is 0. The van der Waals surface area contributed by atoms with Crippen LogP contribution in [-0.4, -0.2) is 169 Å². The number of esters is 3. The molecule has 0 aromatic heterocycles. The van der Waals surface area contributed by atoms with Crippen molar-refractivity contribution in [3.63, 3.8) is 0 Å². The van der Waals surface area contributed by atoms with E-state index in [9.17, 15) is 57.8 Å². The molecule has 0 radical (unpaired) electrons. The molecule has 372 valence electrons. The van der Waals surface area contributed by atoms with E-state index in [1.807, 2.05) is 0 Å². The zero-order valence-electron chi connectivity index (χ0n) is 40.1. The predicted octanol–water partition coefficient (Wildman–Crippen LogP) is 1.00. The molecule has 0 saturated carbocycles. The van der Waals surface area contributed by atoms with Gasteiger partial charge in [0.05, 0.1) is 0 Å². The Balaban J connectivity index is 0.000000399. The van der Waals surface area contributed by atoms with Crippen LogP contribution in [-0.2, 0) is 66.8 Å². The number of nitrogens with zero attached hydrogens (tertiary/aromatic N) is 4. The van der Waals surface area contributed by atoms with Gasteiger partial charge in [0.15, 0.2) is 29.1 Å². The van der Waals surface area contributed by atoms with Crippen molar-refractivity contribution in [2.24, 2.45) is 0 Å². The lowest BCUT2D eigenvalue weighted by atomic mass is 10.0. The summed E-state index contributed by atoms with van der Waals surface area (Å²) in [5.74, 6) is -6.47.